The van der Waals surface area contributed by atoms with E-state index in [-0.39, 0.29) is 43.7 Å². The van der Waals surface area contributed by atoms with E-state index < -0.39 is 28.9 Å². The van der Waals surface area contributed by atoms with E-state index in [9.17, 15) is 22.0 Å². The molecular formula is C27H25F5N6Pt. The number of nitrogens with zero attached hydrogens (tertiary/aromatic N) is 6. The molecule has 0 atom stereocenters. The Hall–Kier alpha value is -3.33. The van der Waals surface area contributed by atoms with Crippen LogP contribution in [0.15, 0.2) is 42.5 Å². The van der Waals surface area contributed by atoms with Gasteiger partial charge in [0.2, 0.25) is 0 Å². The van der Waals surface area contributed by atoms with Gasteiger partial charge in [-0.25, -0.2) is 0 Å². The molecule has 0 aliphatic carbocycles. The summed E-state index contributed by atoms with van der Waals surface area (Å²) < 4.78 is 67.6. The van der Waals surface area contributed by atoms with Crippen molar-refractivity contribution in [3.8, 4) is 22.6 Å². The molecule has 0 aliphatic heterocycles. The van der Waals surface area contributed by atoms with Gasteiger partial charge in [0, 0.05) is 62.3 Å². The van der Waals surface area contributed by atoms with Gasteiger partial charge < -0.3 is 25.0 Å². The number of hydrogen-bond donors (Lipinski definition) is 0. The van der Waals surface area contributed by atoms with E-state index in [1.54, 1.807) is 37.2 Å². The summed E-state index contributed by atoms with van der Waals surface area (Å²) in [7, 11) is 7.22. The molecule has 0 amide bonds. The number of hydrogen-bond acceptors (Lipinski definition) is 5. The zero-order valence-electron chi connectivity index (χ0n) is 21.9. The van der Waals surface area contributed by atoms with Crippen molar-refractivity contribution in [2.75, 3.05) is 38.0 Å². The molecule has 39 heavy (non-hydrogen) atoms. The molecule has 3 heterocycles. The first-order chi connectivity index (χ1) is 17.7. The maximum Gasteiger partial charge on any atom is 2.00 e. The Bertz CT molecular complexity index is 1480. The van der Waals surface area contributed by atoms with E-state index in [2.05, 4.69) is 26.2 Å². The zero-order valence-corrected chi connectivity index (χ0v) is 24.2. The first kappa shape index (κ1) is 30.2. The predicted molar refractivity (Wildman–Crippen MR) is 135 cm³/mol. The summed E-state index contributed by atoms with van der Waals surface area (Å²) in [4.78, 5) is 13.0. The van der Waals surface area contributed by atoms with Crippen molar-refractivity contribution in [2.45, 2.75) is 25.4 Å². The molecule has 0 spiro atoms. The normalized spacial score (nSPS) is 11.8. The SMILES string of the molecule is CN(C)c1cc(-c2cc(C(F)(F)F)n[n-]2)nc(C(C)(C)c2cc(N(C)C)cc(-c3[c-]cc(F)cc3F)n2)c1.[Pt+2]. The largest absolute Gasteiger partial charge is 2.00 e. The molecule has 0 unspecified atom stereocenters. The Balaban J connectivity index is 0.00000420. The molecule has 3 aromatic heterocycles. The molecule has 0 fully saturated rings. The van der Waals surface area contributed by atoms with Gasteiger partial charge in [-0.15, -0.1) is 12.1 Å². The van der Waals surface area contributed by atoms with Gasteiger partial charge in [0.1, 0.15) is 5.69 Å². The van der Waals surface area contributed by atoms with Crippen LogP contribution in [0.5, 0.6) is 0 Å². The fourth-order valence-corrected chi connectivity index (χ4v) is 3.78. The molecule has 0 N–H and O–H groups in total. The fraction of sp³-hybridized carbons (Fsp3) is 0.296. The van der Waals surface area contributed by atoms with E-state index in [1.165, 1.54) is 0 Å². The molecule has 208 valence electrons. The van der Waals surface area contributed by atoms with Crippen LogP contribution in [0.25, 0.3) is 22.6 Å². The van der Waals surface area contributed by atoms with Crippen molar-refractivity contribution in [1.29, 1.82) is 0 Å². The minimum Gasteiger partial charge on any atom is -0.573 e. The Labute approximate surface area is 237 Å². The number of alkyl halides is 3. The zero-order chi connectivity index (χ0) is 28.0. The van der Waals surface area contributed by atoms with Gasteiger partial charge in [-0.2, -0.15) is 13.2 Å². The molecule has 0 aliphatic rings. The van der Waals surface area contributed by atoms with E-state index in [0.29, 0.717) is 22.8 Å². The smallest absolute Gasteiger partial charge is 0.573 e. The molecule has 4 aromatic rings. The van der Waals surface area contributed by atoms with Gasteiger partial charge in [-0.1, -0.05) is 23.4 Å². The number of anilines is 2. The second kappa shape index (κ2) is 11.0. The number of pyridine rings is 2. The van der Waals surface area contributed by atoms with Crippen LogP contribution in [0.3, 0.4) is 0 Å². The number of halogens is 5. The summed E-state index contributed by atoms with van der Waals surface area (Å²) >= 11 is 0. The average molecular weight is 724 g/mol. The van der Waals surface area contributed by atoms with Crippen LogP contribution in [0.2, 0.25) is 0 Å². The third-order valence-corrected chi connectivity index (χ3v) is 6.14. The van der Waals surface area contributed by atoms with Gasteiger partial charge in [0.15, 0.2) is 0 Å². The van der Waals surface area contributed by atoms with Gasteiger partial charge >= 0.3 is 27.2 Å². The van der Waals surface area contributed by atoms with Gasteiger partial charge in [0.25, 0.3) is 0 Å². The van der Waals surface area contributed by atoms with Crippen LogP contribution in [0.4, 0.5) is 33.3 Å². The standard InChI is InChI=1S/C27H25F5N6.Pt/c1-26(2,23-12-16(37(3)4)10-20(33-23)18-8-7-15(28)9-19(18)29)24-13-17(38(5)6)11-21(34-24)22-14-25(36-35-22)27(30,31)32;/h7,9-14H,1-6H3;/q-2;+2. The summed E-state index contributed by atoms with van der Waals surface area (Å²) in [5.41, 5.74) is 0.835. The van der Waals surface area contributed by atoms with Crippen molar-refractivity contribution >= 4 is 11.4 Å². The minimum absolute atomic E-state index is 0. The second-order valence-electron chi connectivity index (χ2n) is 9.76. The van der Waals surface area contributed by atoms with Crippen molar-refractivity contribution in [1.82, 2.24) is 20.2 Å². The van der Waals surface area contributed by atoms with Crippen LogP contribution >= 0.6 is 0 Å². The van der Waals surface area contributed by atoms with Crippen LogP contribution in [0, 0.1) is 17.7 Å². The third kappa shape index (κ3) is 6.29. The van der Waals surface area contributed by atoms with Crippen molar-refractivity contribution < 1.29 is 43.0 Å². The molecule has 0 saturated heterocycles. The van der Waals surface area contributed by atoms with Crippen LogP contribution < -0.4 is 14.9 Å². The molecule has 4 rings (SSSR count). The van der Waals surface area contributed by atoms with E-state index >= 15 is 0 Å². The Morgan fingerprint density at radius 3 is 1.79 bits per heavy atom. The van der Waals surface area contributed by atoms with Crippen LogP contribution in [0.1, 0.15) is 30.9 Å². The van der Waals surface area contributed by atoms with E-state index in [4.69, 9.17) is 0 Å². The first-order valence-electron chi connectivity index (χ1n) is 11.5. The molecule has 1 aromatic carbocycles. The molecule has 6 nitrogen and oxygen atoms in total. The number of rotatable bonds is 6. The summed E-state index contributed by atoms with van der Waals surface area (Å²) in [6.07, 6.45) is -4.63. The van der Waals surface area contributed by atoms with Crippen molar-refractivity contribution in [2.24, 2.45) is 0 Å². The van der Waals surface area contributed by atoms with E-state index in [0.717, 1.165) is 18.2 Å². The third-order valence-electron chi connectivity index (χ3n) is 6.14. The maximum atomic E-state index is 14.7. The molecule has 0 bridgehead atoms. The van der Waals surface area contributed by atoms with Gasteiger partial charge in [-0.05, 0) is 43.8 Å². The Kier molecular flexibility index (Phi) is 8.55. The Morgan fingerprint density at radius 1 is 0.769 bits per heavy atom. The molecule has 0 radical (unpaired) electrons. The predicted octanol–water partition coefficient (Wildman–Crippen LogP) is 5.72. The monoisotopic (exact) mass is 723 g/mol. The van der Waals surface area contributed by atoms with Crippen molar-refractivity contribution in [3.05, 3.63) is 77.2 Å². The molecular weight excluding hydrogens is 698 g/mol. The first-order valence-corrected chi connectivity index (χ1v) is 11.5. The Morgan fingerprint density at radius 2 is 1.31 bits per heavy atom. The summed E-state index contributed by atoms with van der Waals surface area (Å²) in [5.74, 6) is -1.56. The molecule has 0 saturated carbocycles. The van der Waals surface area contributed by atoms with Gasteiger partial charge in [-0.3, -0.25) is 13.8 Å². The molecule has 12 heteroatoms. The second-order valence-corrected chi connectivity index (χ2v) is 9.76. The summed E-state index contributed by atoms with van der Waals surface area (Å²) in [6.45, 7) is 3.71. The number of benzene rings is 1. The minimum atomic E-state index is -4.63. The number of aromatic nitrogens is 4. The topological polar surface area (TPSA) is 59.3 Å². The fourth-order valence-electron chi connectivity index (χ4n) is 3.78. The van der Waals surface area contributed by atoms with Crippen LogP contribution in [-0.2, 0) is 32.7 Å². The van der Waals surface area contributed by atoms with Gasteiger partial charge in [0.05, 0.1) is 11.4 Å². The summed E-state index contributed by atoms with van der Waals surface area (Å²) in [5, 5.41) is 6.97. The van der Waals surface area contributed by atoms with E-state index in [1.807, 2.05) is 38.9 Å². The van der Waals surface area contributed by atoms with Crippen LogP contribution in [-0.4, -0.2) is 43.3 Å². The maximum absolute atomic E-state index is 14.7. The quantitative estimate of drug-likeness (QED) is 0.188. The van der Waals surface area contributed by atoms with Crippen molar-refractivity contribution in [3.63, 3.8) is 0 Å². The summed E-state index contributed by atoms with van der Waals surface area (Å²) in [6, 6.07) is 12.2. The average Bonchev–Trinajstić information content (AvgIpc) is 3.34.